The number of hydrogen-bond acceptors (Lipinski definition) is 9. The van der Waals surface area contributed by atoms with Gasteiger partial charge in [0.25, 0.3) is 0 Å². The fourth-order valence-corrected chi connectivity index (χ4v) is 8.46. The lowest BCUT2D eigenvalue weighted by atomic mass is 9.91. The third-order valence-electron chi connectivity index (χ3n) is 13.9. The van der Waals surface area contributed by atoms with Crippen LogP contribution in [0, 0.1) is 10.8 Å². The number of rotatable bonds is 36. The fourth-order valence-electron chi connectivity index (χ4n) is 8.46. The molecule has 15 heteroatoms. The van der Waals surface area contributed by atoms with Gasteiger partial charge in [-0.3, -0.25) is 29.8 Å². The second-order valence-electron chi connectivity index (χ2n) is 21.6. The third kappa shape index (κ3) is 24.3. The van der Waals surface area contributed by atoms with Crippen molar-refractivity contribution < 1.29 is 38.2 Å². The summed E-state index contributed by atoms with van der Waals surface area (Å²) < 4.78 is 10.7. The van der Waals surface area contributed by atoms with Crippen LogP contribution in [0.15, 0.2) is 97.1 Å². The minimum Gasteiger partial charge on any atom is -0.449 e. The molecule has 0 unspecified atom stereocenters. The van der Waals surface area contributed by atoms with E-state index in [0.29, 0.717) is 61.9 Å². The molecular weight excluding hydrogens is 983 g/mol. The molecule has 6 N–H and O–H groups in total. The zero-order valence-corrected chi connectivity index (χ0v) is 47.9. The van der Waals surface area contributed by atoms with Gasteiger partial charge < -0.3 is 35.6 Å². The summed E-state index contributed by atoms with van der Waals surface area (Å²) in [6, 6.07) is 30.2. The Bertz CT molecular complexity index is 2250. The highest BCUT2D eigenvalue weighted by atomic mass is 16.6. The number of carbonyl (C=O) groups excluding carboxylic acids is 6. The van der Waals surface area contributed by atoms with E-state index in [4.69, 9.17) is 9.47 Å². The largest absolute Gasteiger partial charge is 0.449 e. The highest BCUT2D eigenvalue weighted by Gasteiger charge is 2.37. The van der Waals surface area contributed by atoms with E-state index in [1.807, 2.05) is 109 Å². The van der Waals surface area contributed by atoms with E-state index in [1.54, 1.807) is 27.7 Å². The Hall–Kier alpha value is -6.74. The highest BCUT2D eigenvalue weighted by molar-refractivity contribution is 6.10. The minimum atomic E-state index is -1.35. The highest BCUT2D eigenvalue weighted by Crippen LogP contribution is 2.23. The molecule has 15 nitrogen and oxygen atoms in total. The van der Waals surface area contributed by atoms with Crippen LogP contribution in [0.2, 0.25) is 0 Å². The SMILES string of the molecule is CCCCCCCCCCOC(=O)Nc1ccc(Cc2ccc(NC(=O)C(C)(C)C(=O)NCCN(C)CCNC(=O)C(C)(C)C(=O)Nc3ccc(Cc4ccc(NC(=O)OCCCCCCCCCC)cc4)cc3)cc2)cc1. The monoisotopic (exact) mass is 1070 g/mol. The molecule has 78 heavy (non-hydrogen) atoms. The lowest BCUT2D eigenvalue weighted by molar-refractivity contribution is -0.139. The van der Waals surface area contributed by atoms with Gasteiger partial charge in [0.05, 0.1) is 13.2 Å². The molecule has 0 fully saturated rings. The van der Waals surface area contributed by atoms with Gasteiger partial charge in [0.1, 0.15) is 10.8 Å². The van der Waals surface area contributed by atoms with Crippen molar-refractivity contribution in [2.24, 2.45) is 10.8 Å². The molecule has 0 spiro atoms. The number of carbonyl (C=O) groups is 6. The summed E-state index contributed by atoms with van der Waals surface area (Å²) in [6.07, 6.45) is 19.3. The molecule has 426 valence electrons. The first kappa shape index (κ1) is 63.8. The van der Waals surface area contributed by atoms with Crippen LogP contribution in [0.25, 0.3) is 0 Å². The van der Waals surface area contributed by atoms with Crippen molar-refractivity contribution in [2.75, 3.05) is 67.7 Å². The first-order valence-electron chi connectivity index (χ1n) is 28.6. The van der Waals surface area contributed by atoms with Crippen molar-refractivity contribution in [3.63, 3.8) is 0 Å². The van der Waals surface area contributed by atoms with Gasteiger partial charge in [-0.05, 0) is 131 Å². The lowest BCUT2D eigenvalue weighted by Gasteiger charge is -2.25. The molecule has 6 amide bonds. The Morgan fingerprint density at radius 2 is 0.654 bits per heavy atom. The summed E-state index contributed by atoms with van der Waals surface area (Å²) in [5.74, 6) is -1.72. The maximum absolute atomic E-state index is 13.3. The number of unbranched alkanes of at least 4 members (excludes halogenated alkanes) is 14. The molecule has 0 aromatic heterocycles. The van der Waals surface area contributed by atoms with E-state index in [9.17, 15) is 28.8 Å². The van der Waals surface area contributed by atoms with Gasteiger partial charge in [-0.25, -0.2) is 9.59 Å². The third-order valence-corrected chi connectivity index (χ3v) is 13.9. The van der Waals surface area contributed by atoms with E-state index in [2.05, 4.69) is 45.7 Å². The topological polar surface area (TPSA) is 196 Å². The fraction of sp³-hybridized carbons (Fsp3) is 0.524. The van der Waals surface area contributed by atoms with Crippen molar-refractivity contribution in [3.05, 3.63) is 119 Å². The Kier molecular flexibility index (Phi) is 28.5. The number of likely N-dealkylation sites (N-methyl/N-ethyl adjacent to an activating group) is 1. The molecule has 4 rings (SSSR count). The van der Waals surface area contributed by atoms with Crippen molar-refractivity contribution >= 4 is 58.6 Å². The molecule has 0 atom stereocenters. The van der Waals surface area contributed by atoms with Crippen LogP contribution in [-0.4, -0.2) is 87.2 Å². The Balaban J connectivity index is 1.07. The summed E-state index contributed by atoms with van der Waals surface area (Å²) in [7, 11) is 1.86. The second-order valence-corrected chi connectivity index (χ2v) is 21.6. The predicted molar refractivity (Wildman–Crippen MR) is 315 cm³/mol. The summed E-state index contributed by atoms with van der Waals surface area (Å²) in [5, 5.41) is 17.0. The quantitative estimate of drug-likeness (QED) is 0.0190. The average molecular weight is 1070 g/mol. The number of anilines is 4. The summed E-state index contributed by atoms with van der Waals surface area (Å²) in [6.45, 7) is 13.1. The second kappa shape index (κ2) is 34.9. The molecule has 0 bridgehead atoms. The molecule has 0 heterocycles. The number of nitrogens with zero attached hydrogens (tertiary/aromatic N) is 1. The van der Waals surface area contributed by atoms with Crippen LogP contribution in [0.4, 0.5) is 32.3 Å². The number of amides is 6. The van der Waals surface area contributed by atoms with Gasteiger partial charge in [-0.2, -0.15) is 0 Å². The molecule has 4 aromatic rings. The van der Waals surface area contributed by atoms with Gasteiger partial charge in [0.15, 0.2) is 0 Å². The van der Waals surface area contributed by atoms with E-state index >= 15 is 0 Å². The molecule has 0 saturated carbocycles. The Morgan fingerprint density at radius 1 is 0.385 bits per heavy atom. The van der Waals surface area contributed by atoms with Crippen molar-refractivity contribution in [1.29, 1.82) is 0 Å². The smallest absolute Gasteiger partial charge is 0.411 e. The molecule has 0 saturated heterocycles. The number of hydrogen-bond donors (Lipinski definition) is 6. The summed E-state index contributed by atoms with van der Waals surface area (Å²) >= 11 is 0. The van der Waals surface area contributed by atoms with Gasteiger partial charge in [0.2, 0.25) is 23.6 Å². The Labute approximate surface area is 465 Å². The molecule has 0 aliphatic rings. The van der Waals surface area contributed by atoms with Crippen molar-refractivity contribution in [2.45, 2.75) is 157 Å². The summed E-state index contributed by atoms with van der Waals surface area (Å²) in [5.41, 5.74) is 3.93. The first-order chi connectivity index (χ1) is 37.5. The maximum atomic E-state index is 13.3. The standard InChI is InChI=1S/C63H91N7O8/c1-8-10-12-14-16-18-20-22-44-77-60(75)68-54-36-28-50(29-37-54)46-48-24-32-52(33-25-48)66-58(73)62(3,4)56(71)64-40-42-70(7)43-41-65-57(72)63(5,6)59(74)67-53-34-26-49(27-35-53)47-51-30-38-55(39-31-51)69-61(76)78-45-23-21-19-17-15-13-11-9-2/h24-39H,8-23,40-47H2,1-7H3,(H,64,71)(H,65,72)(H,66,73)(H,67,74)(H,68,75)(H,69,76). The number of ether oxygens (including phenoxy) is 2. The normalized spacial score (nSPS) is 11.4. The molecular formula is C63H91N7O8. The van der Waals surface area contributed by atoms with Crippen molar-refractivity contribution in [1.82, 2.24) is 15.5 Å². The predicted octanol–water partition coefficient (Wildman–Crippen LogP) is 13.0. The van der Waals surface area contributed by atoms with Crippen LogP contribution in [0.3, 0.4) is 0 Å². The van der Waals surface area contributed by atoms with Crippen molar-refractivity contribution in [3.8, 4) is 0 Å². The summed E-state index contributed by atoms with van der Waals surface area (Å²) in [4.78, 5) is 79.4. The van der Waals surface area contributed by atoms with Crippen LogP contribution >= 0.6 is 0 Å². The Morgan fingerprint density at radius 3 is 0.949 bits per heavy atom. The zero-order valence-electron chi connectivity index (χ0n) is 47.9. The molecule has 0 aliphatic carbocycles. The van der Waals surface area contributed by atoms with E-state index in [-0.39, 0.29) is 13.1 Å². The van der Waals surface area contributed by atoms with Gasteiger partial charge in [-0.15, -0.1) is 0 Å². The zero-order chi connectivity index (χ0) is 56.6. The maximum Gasteiger partial charge on any atom is 0.411 e. The molecule has 0 radical (unpaired) electrons. The first-order valence-corrected chi connectivity index (χ1v) is 28.6. The van der Waals surface area contributed by atoms with Gasteiger partial charge in [-0.1, -0.05) is 152 Å². The van der Waals surface area contributed by atoms with E-state index in [1.165, 1.54) is 77.0 Å². The van der Waals surface area contributed by atoms with Crippen LogP contribution in [0.5, 0.6) is 0 Å². The van der Waals surface area contributed by atoms with Gasteiger partial charge >= 0.3 is 12.2 Å². The number of benzene rings is 4. The van der Waals surface area contributed by atoms with E-state index in [0.717, 1.165) is 47.9 Å². The lowest BCUT2D eigenvalue weighted by Crippen LogP contribution is -2.48. The molecule has 0 aliphatic heterocycles. The van der Waals surface area contributed by atoms with Crippen LogP contribution in [-0.2, 0) is 41.5 Å². The average Bonchev–Trinajstić information content (AvgIpc) is 3.42. The van der Waals surface area contributed by atoms with E-state index < -0.39 is 46.6 Å². The number of nitrogens with one attached hydrogen (secondary N) is 6. The van der Waals surface area contributed by atoms with Crippen LogP contribution in [0.1, 0.15) is 167 Å². The van der Waals surface area contributed by atoms with Gasteiger partial charge in [0, 0.05) is 48.9 Å². The van der Waals surface area contributed by atoms with Crippen LogP contribution < -0.4 is 31.9 Å². The molecule has 4 aromatic carbocycles. The minimum absolute atomic E-state index is 0.281.